The van der Waals surface area contributed by atoms with Gasteiger partial charge in [0, 0.05) is 21.5 Å². The van der Waals surface area contributed by atoms with Gasteiger partial charge < -0.3 is 9.72 Å². The largest absolute Gasteiger partial charge is 0.497 e. The van der Waals surface area contributed by atoms with Crippen LogP contribution in [-0.4, -0.2) is 12.1 Å². The van der Waals surface area contributed by atoms with Gasteiger partial charge in [-0.15, -0.1) is 0 Å². The number of hydrogen-bond donors (Lipinski definition) is 1. The number of fused-ring (bicyclic) bond motifs is 3. The maximum absolute atomic E-state index is 5.56. The van der Waals surface area contributed by atoms with Gasteiger partial charge in [-0.2, -0.15) is 0 Å². The summed E-state index contributed by atoms with van der Waals surface area (Å²) in [4.78, 5) is 3.65. The first-order valence-electron chi connectivity index (χ1n) is 10.7. The molecule has 0 amide bonds. The number of aromatic nitrogens is 1. The van der Waals surface area contributed by atoms with Gasteiger partial charge in [0.2, 0.25) is 0 Å². The van der Waals surface area contributed by atoms with Crippen LogP contribution in [0.25, 0.3) is 39.8 Å². The van der Waals surface area contributed by atoms with Crippen molar-refractivity contribution in [2.24, 2.45) is 0 Å². The Morgan fingerprint density at radius 2 is 1.77 bits per heavy atom. The maximum atomic E-state index is 5.56. The molecule has 2 heteroatoms. The molecule has 1 aliphatic carbocycles. The Bertz CT molecular complexity index is 1220. The third-order valence-electron chi connectivity index (χ3n) is 5.21. The number of H-pyrrole nitrogens is 1. The summed E-state index contributed by atoms with van der Waals surface area (Å²) in [5, 5.41) is 3.58. The minimum atomic E-state index is 0.853. The second kappa shape index (κ2) is 9.98. The third-order valence-corrected chi connectivity index (χ3v) is 5.21. The number of benzene rings is 2. The number of ether oxygens (including phenoxy) is 1. The van der Waals surface area contributed by atoms with Crippen LogP contribution in [0.2, 0.25) is 0 Å². The SMILES string of the molecule is C/C=C\C(=C/C)c1cc(-c2ccccc2)cc2[nH]c3c(c12)=CC(OC)=CCC=3.CC. The minimum absolute atomic E-state index is 0.853. The van der Waals surface area contributed by atoms with Crippen LogP contribution in [0, 0.1) is 0 Å². The van der Waals surface area contributed by atoms with Crippen LogP contribution in [0.4, 0.5) is 0 Å². The Morgan fingerprint density at radius 3 is 2.43 bits per heavy atom. The summed E-state index contributed by atoms with van der Waals surface area (Å²) in [7, 11) is 1.73. The quantitative estimate of drug-likeness (QED) is 0.511. The van der Waals surface area contributed by atoms with Gasteiger partial charge in [-0.25, -0.2) is 0 Å². The van der Waals surface area contributed by atoms with Crippen molar-refractivity contribution < 1.29 is 4.74 Å². The van der Waals surface area contributed by atoms with Crippen LogP contribution in [0.3, 0.4) is 0 Å². The van der Waals surface area contributed by atoms with E-state index in [1.807, 2.05) is 13.8 Å². The molecule has 0 spiro atoms. The molecule has 1 aliphatic rings. The lowest BCUT2D eigenvalue weighted by Gasteiger charge is -2.10. The fraction of sp³-hybridized carbons (Fsp3) is 0.214. The number of rotatable bonds is 4. The Balaban J connectivity index is 0.00000124. The Labute approximate surface area is 179 Å². The topological polar surface area (TPSA) is 25.0 Å². The third kappa shape index (κ3) is 4.18. The second-order valence-electron chi connectivity index (χ2n) is 6.90. The monoisotopic (exact) mass is 397 g/mol. The summed E-state index contributed by atoms with van der Waals surface area (Å²) in [6, 6.07) is 15.1. The molecule has 0 aliphatic heterocycles. The Hall–Kier alpha value is -3.26. The van der Waals surface area contributed by atoms with Crippen molar-refractivity contribution in [2.75, 3.05) is 7.11 Å². The van der Waals surface area contributed by atoms with E-state index in [0.717, 1.165) is 23.0 Å². The summed E-state index contributed by atoms with van der Waals surface area (Å²) in [6.45, 7) is 8.16. The maximum Gasteiger partial charge on any atom is 0.115 e. The highest BCUT2D eigenvalue weighted by atomic mass is 16.5. The molecule has 0 radical (unpaired) electrons. The van der Waals surface area contributed by atoms with Crippen molar-refractivity contribution in [3.63, 3.8) is 0 Å². The molecule has 30 heavy (non-hydrogen) atoms. The molecule has 0 fully saturated rings. The Morgan fingerprint density at radius 1 is 1.00 bits per heavy atom. The lowest BCUT2D eigenvalue weighted by atomic mass is 9.94. The van der Waals surface area contributed by atoms with E-state index in [1.54, 1.807) is 7.11 Å². The van der Waals surface area contributed by atoms with Gasteiger partial charge in [0.15, 0.2) is 0 Å². The first kappa shape index (κ1) is 21.4. The normalized spacial score (nSPS) is 13.5. The van der Waals surface area contributed by atoms with E-state index in [2.05, 4.69) is 97.8 Å². The van der Waals surface area contributed by atoms with Gasteiger partial charge in [0.1, 0.15) is 5.76 Å². The van der Waals surface area contributed by atoms with Crippen molar-refractivity contribution >= 4 is 28.6 Å². The van der Waals surface area contributed by atoms with Gasteiger partial charge in [0.25, 0.3) is 0 Å². The lowest BCUT2D eigenvalue weighted by molar-refractivity contribution is 0.312. The Kier molecular flexibility index (Phi) is 7.13. The van der Waals surface area contributed by atoms with E-state index >= 15 is 0 Å². The number of aromatic amines is 1. The zero-order valence-corrected chi connectivity index (χ0v) is 18.6. The molecule has 4 rings (SSSR count). The molecule has 1 heterocycles. The number of hydrogen-bond acceptors (Lipinski definition) is 1. The van der Waals surface area contributed by atoms with Gasteiger partial charge in [0.05, 0.1) is 7.11 Å². The van der Waals surface area contributed by atoms with Crippen LogP contribution in [-0.2, 0) is 4.74 Å². The van der Waals surface area contributed by atoms with Gasteiger partial charge in [-0.1, -0.05) is 68.5 Å². The van der Waals surface area contributed by atoms with Gasteiger partial charge in [-0.05, 0) is 66.8 Å². The molecular formula is C28H31NO. The van der Waals surface area contributed by atoms with Crippen LogP contribution >= 0.6 is 0 Å². The zero-order chi connectivity index (χ0) is 21.5. The molecule has 0 atom stereocenters. The molecule has 0 unspecified atom stereocenters. The van der Waals surface area contributed by atoms with E-state index in [1.165, 1.54) is 32.9 Å². The molecule has 2 aromatic carbocycles. The highest BCUT2D eigenvalue weighted by Gasteiger charge is 2.13. The van der Waals surface area contributed by atoms with Crippen molar-refractivity contribution in [1.29, 1.82) is 0 Å². The molecule has 1 aromatic heterocycles. The van der Waals surface area contributed by atoms with E-state index in [4.69, 9.17) is 4.74 Å². The van der Waals surface area contributed by atoms with Crippen LogP contribution < -0.4 is 10.6 Å². The molecule has 154 valence electrons. The van der Waals surface area contributed by atoms with Crippen LogP contribution in [0.1, 0.15) is 39.7 Å². The predicted octanol–water partition coefficient (Wildman–Crippen LogP) is 6.34. The molecule has 1 N–H and O–H groups in total. The summed E-state index contributed by atoms with van der Waals surface area (Å²) in [5.74, 6) is 0.905. The summed E-state index contributed by atoms with van der Waals surface area (Å²) >= 11 is 0. The first-order valence-corrected chi connectivity index (χ1v) is 10.7. The number of nitrogens with one attached hydrogen (secondary N) is 1. The summed E-state index contributed by atoms with van der Waals surface area (Å²) < 4.78 is 5.56. The minimum Gasteiger partial charge on any atom is -0.497 e. The van der Waals surface area contributed by atoms with E-state index in [0.29, 0.717) is 0 Å². The smallest absolute Gasteiger partial charge is 0.115 e. The molecule has 0 bridgehead atoms. The average molecular weight is 398 g/mol. The van der Waals surface area contributed by atoms with Crippen molar-refractivity contribution in [1.82, 2.24) is 4.98 Å². The predicted molar refractivity (Wildman–Crippen MR) is 131 cm³/mol. The van der Waals surface area contributed by atoms with E-state index < -0.39 is 0 Å². The van der Waals surface area contributed by atoms with Crippen molar-refractivity contribution in [3.05, 3.63) is 88.7 Å². The molecule has 3 aromatic rings. The van der Waals surface area contributed by atoms with Crippen LogP contribution in [0.5, 0.6) is 0 Å². The first-order chi connectivity index (χ1) is 14.7. The fourth-order valence-electron chi connectivity index (χ4n) is 3.87. The highest BCUT2D eigenvalue weighted by Crippen LogP contribution is 2.30. The second-order valence-corrected chi connectivity index (χ2v) is 6.90. The average Bonchev–Trinajstić information content (AvgIpc) is 3.02. The standard InChI is InChI=1S/C26H25NO.C2H6/c1-4-10-18(5-2)22-15-20(19-11-7-6-8-12-19)16-25-26(22)23-17-21(28-3)13-9-14-24(23)27-25;1-2/h4-8,10-17,27H,9H2,1-3H3;1-2H3/b10-4-,18-5+;. The van der Waals surface area contributed by atoms with Crippen molar-refractivity contribution in [3.8, 4) is 11.1 Å². The van der Waals surface area contributed by atoms with Gasteiger partial charge >= 0.3 is 0 Å². The number of allylic oxidation sites excluding steroid dienone is 6. The fourth-order valence-corrected chi connectivity index (χ4v) is 3.87. The molecule has 2 nitrogen and oxygen atoms in total. The number of methoxy groups -OCH3 is 1. The highest BCUT2D eigenvalue weighted by molar-refractivity contribution is 5.99. The molecular weight excluding hydrogens is 366 g/mol. The van der Waals surface area contributed by atoms with Crippen LogP contribution in [0.15, 0.2) is 72.5 Å². The molecule has 0 saturated heterocycles. The lowest BCUT2D eigenvalue weighted by Crippen LogP contribution is -2.22. The zero-order valence-electron chi connectivity index (χ0n) is 18.6. The van der Waals surface area contributed by atoms with Crippen molar-refractivity contribution in [2.45, 2.75) is 34.1 Å². The summed E-state index contributed by atoms with van der Waals surface area (Å²) in [5.41, 5.74) is 6.03. The van der Waals surface area contributed by atoms with E-state index in [9.17, 15) is 0 Å². The molecule has 0 saturated carbocycles. The van der Waals surface area contributed by atoms with Gasteiger partial charge in [-0.3, -0.25) is 0 Å². The summed E-state index contributed by atoms with van der Waals surface area (Å²) in [6.07, 6.45) is 13.8. The van der Waals surface area contributed by atoms with E-state index in [-0.39, 0.29) is 0 Å².